The standard InChI is InChI=1S/C11H23NO4S.Na/c1-11(2,3)16-10(13)12-8-6-4-5-7-9-17(14)15;/h4-9H2,1-3H3,(H,12,13)(H,14,15);/q;+1/p-1. The summed E-state index contributed by atoms with van der Waals surface area (Å²) in [5.74, 6) is 0.222. The first kappa shape index (κ1) is 20.7. The Morgan fingerprint density at radius 2 is 1.78 bits per heavy atom. The second-order valence-electron chi connectivity index (χ2n) is 4.85. The van der Waals surface area contributed by atoms with Gasteiger partial charge in [0.15, 0.2) is 0 Å². The number of amides is 1. The van der Waals surface area contributed by atoms with Crippen molar-refractivity contribution in [1.29, 1.82) is 0 Å². The molecule has 0 aliphatic rings. The van der Waals surface area contributed by atoms with E-state index in [-0.39, 0.29) is 35.3 Å². The van der Waals surface area contributed by atoms with E-state index in [4.69, 9.17) is 4.74 Å². The second-order valence-corrected chi connectivity index (χ2v) is 5.87. The van der Waals surface area contributed by atoms with Gasteiger partial charge in [-0.25, -0.2) is 4.79 Å². The summed E-state index contributed by atoms with van der Waals surface area (Å²) in [6, 6.07) is 0. The number of alkyl carbamates (subject to hydrolysis) is 1. The number of ether oxygens (including phenoxy) is 1. The van der Waals surface area contributed by atoms with Gasteiger partial charge in [-0.15, -0.1) is 0 Å². The number of carbonyl (C=O) groups excluding carboxylic acids is 1. The van der Waals surface area contributed by atoms with Crippen molar-refractivity contribution in [2.75, 3.05) is 12.3 Å². The monoisotopic (exact) mass is 287 g/mol. The summed E-state index contributed by atoms with van der Waals surface area (Å²) in [6.45, 7) is 6.01. The summed E-state index contributed by atoms with van der Waals surface area (Å²) in [5, 5.41) is 2.66. The van der Waals surface area contributed by atoms with Crippen molar-refractivity contribution < 1.29 is 47.9 Å². The molecule has 0 aliphatic carbocycles. The predicted molar refractivity (Wildman–Crippen MR) is 66.5 cm³/mol. The Bertz CT molecular complexity index is 256. The fourth-order valence-electron chi connectivity index (χ4n) is 1.20. The smallest absolute Gasteiger partial charge is 0.772 e. The van der Waals surface area contributed by atoms with E-state index in [1.165, 1.54) is 0 Å². The predicted octanol–water partition coefficient (Wildman–Crippen LogP) is -1.05. The Morgan fingerprint density at radius 3 is 2.28 bits per heavy atom. The van der Waals surface area contributed by atoms with E-state index < -0.39 is 22.8 Å². The normalized spacial score (nSPS) is 12.4. The van der Waals surface area contributed by atoms with Crippen LogP contribution in [0.3, 0.4) is 0 Å². The number of hydrogen-bond acceptors (Lipinski definition) is 4. The van der Waals surface area contributed by atoms with E-state index in [0.29, 0.717) is 13.0 Å². The molecule has 0 aliphatic heterocycles. The molecule has 102 valence electrons. The van der Waals surface area contributed by atoms with Crippen LogP contribution < -0.4 is 34.9 Å². The van der Waals surface area contributed by atoms with Gasteiger partial charge in [-0.05, 0) is 33.6 Å². The largest absolute Gasteiger partial charge is 1.00 e. The molecule has 1 atom stereocenters. The first-order valence-electron chi connectivity index (χ1n) is 5.84. The summed E-state index contributed by atoms with van der Waals surface area (Å²) < 4.78 is 25.5. The van der Waals surface area contributed by atoms with E-state index >= 15 is 0 Å². The molecular weight excluding hydrogens is 265 g/mol. The maximum atomic E-state index is 11.2. The summed E-state index contributed by atoms with van der Waals surface area (Å²) in [5.41, 5.74) is -0.470. The quantitative estimate of drug-likeness (QED) is 0.368. The van der Waals surface area contributed by atoms with Gasteiger partial charge in [0.05, 0.1) is 0 Å². The van der Waals surface area contributed by atoms with Gasteiger partial charge < -0.3 is 14.6 Å². The Balaban J connectivity index is 0. The van der Waals surface area contributed by atoms with Crippen molar-refractivity contribution in [3.8, 4) is 0 Å². The molecular formula is C11H22NNaO4S. The molecule has 0 saturated carbocycles. The van der Waals surface area contributed by atoms with Gasteiger partial charge in [0.1, 0.15) is 5.60 Å². The van der Waals surface area contributed by atoms with Crippen molar-refractivity contribution >= 4 is 17.2 Å². The van der Waals surface area contributed by atoms with Crippen molar-refractivity contribution in [3.63, 3.8) is 0 Å². The summed E-state index contributed by atoms with van der Waals surface area (Å²) >= 11 is -1.93. The van der Waals surface area contributed by atoms with Crippen molar-refractivity contribution in [2.45, 2.75) is 52.1 Å². The van der Waals surface area contributed by atoms with Gasteiger partial charge in [0.25, 0.3) is 0 Å². The van der Waals surface area contributed by atoms with Crippen molar-refractivity contribution in [2.24, 2.45) is 0 Å². The van der Waals surface area contributed by atoms with Gasteiger partial charge in [-0.3, -0.25) is 4.21 Å². The Kier molecular flexibility index (Phi) is 12.9. The van der Waals surface area contributed by atoms with E-state index in [9.17, 15) is 13.6 Å². The molecule has 7 heteroatoms. The van der Waals surface area contributed by atoms with Gasteiger partial charge in [-0.1, -0.05) is 23.9 Å². The fourth-order valence-corrected chi connectivity index (χ4v) is 1.64. The van der Waals surface area contributed by atoms with E-state index in [1.807, 2.05) is 20.8 Å². The fraction of sp³-hybridized carbons (Fsp3) is 0.909. The van der Waals surface area contributed by atoms with Gasteiger partial charge in [0, 0.05) is 12.3 Å². The Morgan fingerprint density at radius 1 is 1.22 bits per heavy atom. The van der Waals surface area contributed by atoms with Gasteiger partial charge in [0.2, 0.25) is 0 Å². The summed E-state index contributed by atoms with van der Waals surface area (Å²) in [4.78, 5) is 11.2. The zero-order valence-corrected chi connectivity index (χ0v) is 14.6. The average molecular weight is 287 g/mol. The zero-order chi connectivity index (χ0) is 13.3. The van der Waals surface area contributed by atoms with Crippen LogP contribution in [0.5, 0.6) is 0 Å². The van der Waals surface area contributed by atoms with E-state index in [2.05, 4.69) is 5.32 Å². The molecule has 0 aromatic carbocycles. The number of nitrogens with one attached hydrogen (secondary N) is 1. The number of rotatable bonds is 7. The number of hydrogen-bond donors (Lipinski definition) is 1. The molecule has 1 amide bonds. The van der Waals surface area contributed by atoms with Crippen LogP contribution in [-0.4, -0.2) is 32.8 Å². The van der Waals surface area contributed by atoms with Crippen LogP contribution in [0.15, 0.2) is 0 Å². The summed E-state index contributed by atoms with van der Waals surface area (Å²) in [7, 11) is 0. The minimum absolute atomic E-state index is 0. The van der Waals surface area contributed by atoms with Crippen LogP contribution in [0, 0.1) is 0 Å². The molecule has 0 aromatic heterocycles. The topological polar surface area (TPSA) is 78.5 Å². The molecule has 0 fully saturated rings. The van der Waals surface area contributed by atoms with Gasteiger partial charge in [-0.2, -0.15) is 0 Å². The third-order valence-electron chi connectivity index (χ3n) is 1.91. The summed E-state index contributed by atoms with van der Waals surface area (Å²) in [6.07, 6.45) is 2.89. The van der Waals surface area contributed by atoms with Crippen LogP contribution in [-0.2, 0) is 15.8 Å². The molecule has 18 heavy (non-hydrogen) atoms. The molecule has 0 bridgehead atoms. The molecule has 0 radical (unpaired) electrons. The number of carbonyl (C=O) groups is 1. The van der Waals surface area contributed by atoms with E-state index in [0.717, 1.165) is 19.3 Å². The van der Waals surface area contributed by atoms with Crippen LogP contribution >= 0.6 is 0 Å². The first-order chi connectivity index (χ1) is 7.81. The van der Waals surface area contributed by atoms with Crippen molar-refractivity contribution in [3.05, 3.63) is 0 Å². The molecule has 1 N–H and O–H groups in total. The average Bonchev–Trinajstić information content (AvgIpc) is 2.12. The van der Waals surface area contributed by atoms with Crippen molar-refractivity contribution in [1.82, 2.24) is 5.32 Å². The third kappa shape index (κ3) is 16.4. The van der Waals surface area contributed by atoms with Crippen LogP contribution in [0.25, 0.3) is 0 Å². The maximum absolute atomic E-state index is 11.2. The molecule has 0 spiro atoms. The molecule has 0 rings (SSSR count). The van der Waals surface area contributed by atoms with Crippen LogP contribution in [0.1, 0.15) is 46.5 Å². The van der Waals surface area contributed by atoms with E-state index in [1.54, 1.807) is 0 Å². The van der Waals surface area contributed by atoms with Crippen LogP contribution in [0.2, 0.25) is 0 Å². The zero-order valence-electron chi connectivity index (χ0n) is 11.8. The minimum atomic E-state index is -1.93. The molecule has 0 saturated heterocycles. The first-order valence-corrected chi connectivity index (χ1v) is 7.08. The SMILES string of the molecule is CC(C)(C)OC(=O)NCCCCCCS(=O)[O-].[Na+]. The molecule has 5 nitrogen and oxygen atoms in total. The number of unbranched alkanes of at least 4 members (excludes halogenated alkanes) is 3. The molecule has 0 aromatic rings. The Labute approximate surface area is 134 Å². The third-order valence-corrected chi connectivity index (χ3v) is 2.53. The Hall–Kier alpha value is 0.380. The maximum Gasteiger partial charge on any atom is 1.00 e. The van der Waals surface area contributed by atoms with Crippen LogP contribution in [0.4, 0.5) is 4.79 Å². The van der Waals surface area contributed by atoms with Gasteiger partial charge >= 0.3 is 35.7 Å². The minimum Gasteiger partial charge on any atom is -0.772 e. The molecule has 1 unspecified atom stereocenters. The molecule has 0 heterocycles. The second kappa shape index (κ2) is 11.2.